The molecule has 5 heteroatoms. The summed E-state index contributed by atoms with van der Waals surface area (Å²) in [4.78, 5) is 0. The summed E-state index contributed by atoms with van der Waals surface area (Å²) in [5.74, 6) is 0. The van der Waals surface area contributed by atoms with Crippen LogP contribution in [0.5, 0.6) is 0 Å². The molecular weight excluding hydrogens is 135 g/mol. The Labute approximate surface area is 47.9 Å². The molecule has 8 heavy (non-hydrogen) atoms. The lowest BCUT2D eigenvalue weighted by molar-refractivity contribution is 0.231. The number of halogens is 1. The van der Waals surface area contributed by atoms with Gasteiger partial charge < -0.3 is 0 Å². The fourth-order valence-electron chi connectivity index (χ4n) is 0.230. The Morgan fingerprint density at radius 1 is 1.50 bits per heavy atom. The van der Waals surface area contributed by atoms with Gasteiger partial charge >= 0.3 is 10.5 Å². The van der Waals surface area contributed by atoms with Gasteiger partial charge in [-0.1, -0.05) is 3.89 Å². The Kier molecular flexibility index (Phi) is 2.36. The van der Waals surface area contributed by atoms with Crippen LogP contribution in [-0.4, -0.2) is 14.5 Å². The van der Waals surface area contributed by atoms with Gasteiger partial charge in [0.25, 0.3) is 0 Å². The molecule has 50 valence electrons. The second-order valence-electron chi connectivity index (χ2n) is 1.54. The standard InChI is InChI=1S/C3H7FO3S/c1-3(2)7-8(4,5)6/h3H,1-2H3. The molecule has 0 N–H and O–H groups in total. The van der Waals surface area contributed by atoms with Crippen molar-refractivity contribution in [3.05, 3.63) is 0 Å². The van der Waals surface area contributed by atoms with Crippen LogP contribution in [0.4, 0.5) is 3.89 Å². The van der Waals surface area contributed by atoms with Gasteiger partial charge in [-0.25, -0.2) is 4.18 Å². The monoisotopic (exact) mass is 142 g/mol. The van der Waals surface area contributed by atoms with Crippen molar-refractivity contribution in [2.24, 2.45) is 0 Å². The second kappa shape index (κ2) is 2.41. The summed E-state index contributed by atoms with van der Waals surface area (Å²) in [7, 11) is -4.72. The molecule has 3 nitrogen and oxygen atoms in total. The van der Waals surface area contributed by atoms with E-state index in [4.69, 9.17) is 0 Å². The molecule has 0 aromatic heterocycles. The predicted molar refractivity (Wildman–Crippen MR) is 26.2 cm³/mol. The van der Waals surface area contributed by atoms with Crippen molar-refractivity contribution in [3.8, 4) is 0 Å². The molecule has 0 saturated carbocycles. The van der Waals surface area contributed by atoms with Crippen molar-refractivity contribution in [2.75, 3.05) is 0 Å². The van der Waals surface area contributed by atoms with Gasteiger partial charge in [0.2, 0.25) is 0 Å². The lowest BCUT2D eigenvalue weighted by atomic mass is 10.5. The van der Waals surface area contributed by atoms with E-state index in [9.17, 15) is 12.3 Å². The molecule has 0 aliphatic rings. The van der Waals surface area contributed by atoms with Crippen LogP contribution in [0.3, 0.4) is 0 Å². The van der Waals surface area contributed by atoms with Gasteiger partial charge in [0, 0.05) is 0 Å². The molecule has 0 saturated heterocycles. The molecule has 0 radical (unpaired) electrons. The van der Waals surface area contributed by atoms with E-state index in [2.05, 4.69) is 4.18 Å². The average Bonchev–Trinajstić information content (AvgIpc) is 1.21. The predicted octanol–water partition coefficient (Wildman–Crippen LogP) is 0.626. The van der Waals surface area contributed by atoms with E-state index in [1.807, 2.05) is 0 Å². The van der Waals surface area contributed by atoms with Gasteiger partial charge in [0.15, 0.2) is 0 Å². The Balaban J connectivity index is 3.75. The molecule has 0 fully saturated rings. The molecule has 0 atom stereocenters. The van der Waals surface area contributed by atoms with E-state index in [0.29, 0.717) is 0 Å². The highest BCUT2D eigenvalue weighted by molar-refractivity contribution is 7.81. The zero-order chi connectivity index (χ0) is 6.78. The van der Waals surface area contributed by atoms with E-state index in [1.165, 1.54) is 13.8 Å². The maximum atomic E-state index is 11.4. The van der Waals surface area contributed by atoms with Crippen molar-refractivity contribution >= 4 is 10.5 Å². The van der Waals surface area contributed by atoms with Crippen molar-refractivity contribution in [3.63, 3.8) is 0 Å². The summed E-state index contributed by atoms with van der Waals surface area (Å²) in [6.07, 6.45) is -0.620. The molecular formula is C3H7FO3S. The molecule has 0 aromatic rings. The van der Waals surface area contributed by atoms with E-state index < -0.39 is 16.6 Å². The minimum Gasteiger partial charge on any atom is -0.242 e. The minimum absolute atomic E-state index is 0.620. The molecule has 0 bridgehead atoms. The quantitative estimate of drug-likeness (QED) is 0.531. The van der Waals surface area contributed by atoms with E-state index in [0.717, 1.165) is 0 Å². The van der Waals surface area contributed by atoms with Crippen LogP contribution in [0.25, 0.3) is 0 Å². The van der Waals surface area contributed by atoms with Crippen LogP contribution in [0, 0.1) is 0 Å². The molecule has 0 aliphatic carbocycles. The van der Waals surface area contributed by atoms with Crippen molar-refractivity contribution < 1.29 is 16.5 Å². The first-order valence-corrected chi connectivity index (χ1v) is 3.35. The van der Waals surface area contributed by atoms with Crippen LogP contribution in [0.15, 0.2) is 0 Å². The smallest absolute Gasteiger partial charge is 0.242 e. The van der Waals surface area contributed by atoms with Crippen LogP contribution >= 0.6 is 0 Å². The number of hydrogen-bond donors (Lipinski definition) is 0. The van der Waals surface area contributed by atoms with Crippen LogP contribution in [0.2, 0.25) is 0 Å². The van der Waals surface area contributed by atoms with Gasteiger partial charge in [-0.15, -0.1) is 0 Å². The second-order valence-corrected chi connectivity index (χ2v) is 2.52. The lowest BCUT2D eigenvalue weighted by Gasteiger charge is -1.97. The highest BCUT2D eigenvalue weighted by Crippen LogP contribution is 1.98. The minimum atomic E-state index is -4.72. The summed E-state index contributed by atoms with van der Waals surface area (Å²) in [5, 5.41) is 0. The first-order chi connectivity index (χ1) is 3.42. The molecule has 0 aliphatic heterocycles. The molecule has 0 rings (SSSR count). The zero-order valence-electron chi connectivity index (χ0n) is 4.59. The maximum Gasteiger partial charge on any atom is 0.437 e. The van der Waals surface area contributed by atoms with E-state index >= 15 is 0 Å². The average molecular weight is 142 g/mol. The lowest BCUT2D eigenvalue weighted by Crippen LogP contribution is -2.06. The van der Waals surface area contributed by atoms with Crippen molar-refractivity contribution in [2.45, 2.75) is 20.0 Å². The third-order valence-corrected chi connectivity index (χ3v) is 0.922. The summed E-state index contributed by atoms with van der Waals surface area (Å²) < 4.78 is 34.2. The van der Waals surface area contributed by atoms with Gasteiger partial charge in [-0.05, 0) is 13.8 Å². The van der Waals surface area contributed by atoms with Gasteiger partial charge in [-0.2, -0.15) is 8.42 Å². The SMILES string of the molecule is CC(C)OS(=O)(=O)F. The number of rotatable bonds is 2. The topological polar surface area (TPSA) is 43.4 Å². The highest BCUT2D eigenvalue weighted by Gasteiger charge is 2.08. The highest BCUT2D eigenvalue weighted by atomic mass is 32.3. The van der Waals surface area contributed by atoms with Gasteiger partial charge in [-0.3, -0.25) is 0 Å². The largest absolute Gasteiger partial charge is 0.437 e. The van der Waals surface area contributed by atoms with Crippen LogP contribution in [-0.2, 0) is 14.7 Å². The Morgan fingerprint density at radius 3 is 1.88 bits per heavy atom. The van der Waals surface area contributed by atoms with Gasteiger partial charge in [0.05, 0.1) is 6.10 Å². The third kappa shape index (κ3) is 5.84. The van der Waals surface area contributed by atoms with E-state index in [-0.39, 0.29) is 0 Å². The fraction of sp³-hybridized carbons (Fsp3) is 1.00. The molecule has 0 amide bonds. The Morgan fingerprint density at radius 2 is 1.88 bits per heavy atom. The zero-order valence-corrected chi connectivity index (χ0v) is 5.40. The Hall–Kier alpha value is -0.160. The first-order valence-electron chi connectivity index (χ1n) is 2.04. The molecule has 0 unspecified atom stereocenters. The van der Waals surface area contributed by atoms with E-state index in [1.54, 1.807) is 0 Å². The molecule has 0 heterocycles. The summed E-state index contributed by atoms with van der Waals surface area (Å²) >= 11 is 0. The van der Waals surface area contributed by atoms with Gasteiger partial charge in [0.1, 0.15) is 0 Å². The summed E-state index contributed by atoms with van der Waals surface area (Å²) in [6, 6.07) is 0. The maximum absolute atomic E-state index is 11.4. The summed E-state index contributed by atoms with van der Waals surface area (Å²) in [6.45, 7) is 2.86. The van der Waals surface area contributed by atoms with Crippen LogP contribution < -0.4 is 0 Å². The third-order valence-electron chi connectivity index (χ3n) is 0.307. The van der Waals surface area contributed by atoms with Crippen molar-refractivity contribution in [1.82, 2.24) is 0 Å². The normalized spacial score (nSPS) is 12.5. The summed E-state index contributed by atoms with van der Waals surface area (Å²) in [5.41, 5.74) is 0. The van der Waals surface area contributed by atoms with Crippen LogP contribution in [0.1, 0.15) is 13.8 Å². The molecule has 0 spiro atoms. The number of hydrogen-bond acceptors (Lipinski definition) is 3. The fourth-order valence-corrected chi connectivity index (χ4v) is 0.690. The van der Waals surface area contributed by atoms with Crippen molar-refractivity contribution in [1.29, 1.82) is 0 Å². The molecule has 0 aromatic carbocycles. The Bertz CT molecular complexity index is 148. The first kappa shape index (κ1) is 7.84.